The Morgan fingerprint density at radius 3 is 2.28 bits per heavy atom. The fourth-order valence-electron chi connectivity index (χ4n) is 3.61. The van der Waals surface area contributed by atoms with Crippen LogP contribution >= 0.6 is 23.5 Å². The maximum atomic E-state index is 12.8. The van der Waals surface area contributed by atoms with Crippen LogP contribution in [0.15, 0.2) is 30.3 Å². The predicted molar refractivity (Wildman–Crippen MR) is 115 cm³/mol. The molecular formula is C22H34OS2. The van der Waals surface area contributed by atoms with Gasteiger partial charge in [-0.15, -0.1) is 23.5 Å². The molecule has 1 atom stereocenters. The van der Waals surface area contributed by atoms with Crippen molar-refractivity contribution in [3.05, 3.63) is 35.9 Å². The lowest BCUT2D eigenvalue weighted by Gasteiger charge is -2.43. The lowest BCUT2D eigenvalue weighted by molar-refractivity contribution is 0.0948. The maximum absolute atomic E-state index is 12.8. The van der Waals surface area contributed by atoms with Gasteiger partial charge in [0.15, 0.2) is 5.78 Å². The van der Waals surface area contributed by atoms with Gasteiger partial charge in [-0.05, 0) is 43.1 Å². The Hall–Kier alpha value is -0.410. The topological polar surface area (TPSA) is 17.1 Å². The van der Waals surface area contributed by atoms with Crippen molar-refractivity contribution in [2.24, 2.45) is 5.92 Å². The minimum Gasteiger partial charge on any atom is -0.294 e. The Morgan fingerprint density at radius 2 is 1.68 bits per heavy atom. The highest BCUT2D eigenvalue weighted by Gasteiger charge is 2.42. The van der Waals surface area contributed by atoms with E-state index in [4.69, 9.17) is 0 Å². The summed E-state index contributed by atoms with van der Waals surface area (Å²) in [6, 6.07) is 9.90. The lowest BCUT2D eigenvalue weighted by atomic mass is 9.83. The molecular weight excluding hydrogens is 344 g/mol. The van der Waals surface area contributed by atoms with E-state index in [9.17, 15) is 4.79 Å². The van der Waals surface area contributed by atoms with Gasteiger partial charge in [-0.3, -0.25) is 4.79 Å². The Labute approximate surface area is 163 Å². The molecule has 0 saturated heterocycles. The molecule has 1 aromatic carbocycles. The number of ketones is 1. The molecule has 0 aromatic heterocycles. The molecule has 0 amide bonds. The second-order valence-corrected chi connectivity index (χ2v) is 10.3. The van der Waals surface area contributed by atoms with E-state index in [0.29, 0.717) is 11.7 Å². The van der Waals surface area contributed by atoms with E-state index in [2.05, 4.69) is 37.4 Å². The standard InChI is InChI=1S/C22H34OS2/c1-3-5-16-24-22(25-17-6-4-2)15-11-10-14-20(22)18-21(23)19-12-8-7-9-13-19/h7-9,12-13,20H,3-6,10-11,14-18H2,1-2H3. The van der Waals surface area contributed by atoms with Crippen molar-refractivity contribution in [1.29, 1.82) is 0 Å². The fourth-order valence-corrected chi connectivity index (χ4v) is 7.45. The molecule has 0 bridgehead atoms. The van der Waals surface area contributed by atoms with Gasteiger partial charge >= 0.3 is 0 Å². The molecule has 1 saturated carbocycles. The summed E-state index contributed by atoms with van der Waals surface area (Å²) in [6.07, 6.45) is 10.9. The SMILES string of the molecule is CCCCSC1(SCCCC)CCCCC1CC(=O)c1ccccc1. The zero-order valence-electron chi connectivity index (χ0n) is 16.0. The summed E-state index contributed by atoms with van der Waals surface area (Å²) in [5.74, 6) is 3.35. The van der Waals surface area contributed by atoms with E-state index >= 15 is 0 Å². The third-order valence-electron chi connectivity index (χ3n) is 5.17. The first-order chi connectivity index (χ1) is 12.2. The Kier molecular flexibility index (Phi) is 9.47. The number of benzene rings is 1. The number of hydrogen-bond acceptors (Lipinski definition) is 3. The van der Waals surface area contributed by atoms with Crippen molar-refractivity contribution < 1.29 is 4.79 Å². The van der Waals surface area contributed by atoms with Crippen LogP contribution in [0.1, 0.15) is 82.0 Å². The molecule has 1 nitrogen and oxygen atoms in total. The Bertz CT molecular complexity index is 490. The van der Waals surface area contributed by atoms with Crippen LogP contribution in [0.2, 0.25) is 0 Å². The van der Waals surface area contributed by atoms with Gasteiger partial charge in [0, 0.05) is 12.0 Å². The number of unbranched alkanes of at least 4 members (excludes halogenated alkanes) is 2. The number of rotatable bonds is 11. The summed E-state index contributed by atoms with van der Waals surface area (Å²) >= 11 is 4.35. The molecule has 1 fully saturated rings. The highest BCUT2D eigenvalue weighted by atomic mass is 32.2. The van der Waals surface area contributed by atoms with Gasteiger partial charge in [-0.1, -0.05) is 69.9 Å². The highest BCUT2D eigenvalue weighted by Crippen LogP contribution is 2.53. The third kappa shape index (κ3) is 6.36. The molecule has 0 heterocycles. The van der Waals surface area contributed by atoms with E-state index in [0.717, 1.165) is 12.0 Å². The van der Waals surface area contributed by atoms with Crippen molar-refractivity contribution in [3.8, 4) is 0 Å². The minimum atomic E-state index is 0.271. The van der Waals surface area contributed by atoms with Gasteiger partial charge in [-0.25, -0.2) is 0 Å². The molecule has 0 radical (unpaired) electrons. The summed E-state index contributed by atoms with van der Waals surface area (Å²) in [5, 5.41) is 0. The van der Waals surface area contributed by atoms with E-state index in [1.807, 2.05) is 30.3 Å². The van der Waals surface area contributed by atoms with Crippen LogP contribution in [0.4, 0.5) is 0 Å². The zero-order chi connectivity index (χ0) is 18.0. The normalized spacial score (nSPS) is 19.7. The van der Waals surface area contributed by atoms with E-state index in [-0.39, 0.29) is 4.08 Å². The largest absolute Gasteiger partial charge is 0.294 e. The summed E-state index contributed by atoms with van der Waals surface area (Å²) < 4.78 is 0.271. The molecule has 0 spiro atoms. The van der Waals surface area contributed by atoms with Gasteiger partial charge < -0.3 is 0 Å². The van der Waals surface area contributed by atoms with Crippen molar-refractivity contribution in [1.82, 2.24) is 0 Å². The molecule has 1 aromatic rings. The molecule has 0 N–H and O–H groups in total. The van der Waals surface area contributed by atoms with Crippen LogP contribution in [0.3, 0.4) is 0 Å². The monoisotopic (exact) mass is 378 g/mol. The predicted octanol–water partition coefficient (Wildman–Crippen LogP) is 7.21. The van der Waals surface area contributed by atoms with E-state index < -0.39 is 0 Å². The first-order valence-electron chi connectivity index (χ1n) is 10.1. The maximum Gasteiger partial charge on any atom is 0.163 e. The summed E-state index contributed by atoms with van der Waals surface area (Å²) in [6.45, 7) is 4.55. The average molecular weight is 379 g/mol. The van der Waals surface area contributed by atoms with E-state index in [1.54, 1.807) is 0 Å². The van der Waals surface area contributed by atoms with Gasteiger partial charge in [0.2, 0.25) is 0 Å². The van der Waals surface area contributed by atoms with Gasteiger partial charge in [0.1, 0.15) is 0 Å². The zero-order valence-corrected chi connectivity index (χ0v) is 17.6. The van der Waals surface area contributed by atoms with Crippen LogP contribution < -0.4 is 0 Å². The quantitative estimate of drug-likeness (QED) is 0.230. The minimum absolute atomic E-state index is 0.271. The Morgan fingerprint density at radius 1 is 1.04 bits per heavy atom. The summed E-state index contributed by atoms with van der Waals surface area (Å²) in [4.78, 5) is 12.8. The number of thioether (sulfide) groups is 2. The fraction of sp³-hybridized carbons (Fsp3) is 0.682. The highest BCUT2D eigenvalue weighted by molar-refractivity contribution is 8.18. The second-order valence-electron chi connectivity index (χ2n) is 7.15. The molecule has 0 aliphatic heterocycles. The molecule has 1 unspecified atom stereocenters. The average Bonchev–Trinajstić information content (AvgIpc) is 2.65. The molecule has 1 aliphatic rings. The summed E-state index contributed by atoms with van der Waals surface area (Å²) in [7, 11) is 0. The van der Waals surface area contributed by atoms with E-state index in [1.165, 1.54) is 62.9 Å². The van der Waals surface area contributed by atoms with Crippen molar-refractivity contribution >= 4 is 29.3 Å². The van der Waals surface area contributed by atoms with Gasteiger partial charge in [-0.2, -0.15) is 0 Å². The number of carbonyl (C=O) groups is 1. The van der Waals surface area contributed by atoms with Crippen LogP contribution in [0.5, 0.6) is 0 Å². The molecule has 2 rings (SSSR count). The lowest BCUT2D eigenvalue weighted by Crippen LogP contribution is -2.36. The first-order valence-corrected chi connectivity index (χ1v) is 12.0. The second kappa shape index (κ2) is 11.3. The molecule has 3 heteroatoms. The van der Waals surface area contributed by atoms with Crippen molar-refractivity contribution in [2.45, 2.75) is 75.7 Å². The van der Waals surface area contributed by atoms with Crippen LogP contribution in [-0.4, -0.2) is 21.4 Å². The smallest absolute Gasteiger partial charge is 0.163 e. The van der Waals surface area contributed by atoms with Crippen LogP contribution in [0.25, 0.3) is 0 Å². The first kappa shape index (κ1) is 20.9. The van der Waals surface area contributed by atoms with Crippen LogP contribution in [-0.2, 0) is 0 Å². The number of carbonyl (C=O) groups excluding carboxylic acids is 1. The summed E-state index contributed by atoms with van der Waals surface area (Å²) in [5.41, 5.74) is 0.888. The molecule has 1 aliphatic carbocycles. The van der Waals surface area contributed by atoms with Crippen molar-refractivity contribution in [2.75, 3.05) is 11.5 Å². The Balaban J connectivity index is 2.09. The molecule has 140 valence electrons. The number of hydrogen-bond donors (Lipinski definition) is 0. The van der Waals surface area contributed by atoms with Crippen LogP contribution in [0, 0.1) is 5.92 Å². The van der Waals surface area contributed by atoms with Gasteiger partial charge in [0.25, 0.3) is 0 Å². The van der Waals surface area contributed by atoms with Crippen molar-refractivity contribution in [3.63, 3.8) is 0 Å². The number of Topliss-reactive ketones (excluding diaryl/α,β-unsaturated/α-hetero) is 1. The molecule has 25 heavy (non-hydrogen) atoms. The third-order valence-corrected chi connectivity index (χ3v) is 8.91. The van der Waals surface area contributed by atoms with Gasteiger partial charge in [0.05, 0.1) is 4.08 Å².